The molecule has 1 aromatic carbocycles. The zero-order valence-corrected chi connectivity index (χ0v) is 12.4. The van der Waals surface area contributed by atoms with Gasteiger partial charge in [0.25, 0.3) is 5.69 Å². The van der Waals surface area contributed by atoms with Crippen molar-refractivity contribution in [3.8, 4) is 0 Å². The number of ether oxygens (including phenoxy) is 1. The number of carboxylic acids is 1. The van der Waals surface area contributed by atoms with E-state index in [1.807, 2.05) is 0 Å². The number of carbonyl (C=O) groups excluding carboxylic acids is 2. The van der Waals surface area contributed by atoms with Gasteiger partial charge in [0.15, 0.2) is 0 Å². The number of carboxylic acid groups (broad SMARTS) is 1. The lowest BCUT2D eigenvalue weighted by Crippen LogP contribution is -2.43. The van der Waals surface area contributed by atoms with Gasteiger partial charge >= 0.3 is 11.9 Å². The van der Waals surface area contributed by atoms with Crippen LogP contribution in [-0.4, -0.2) is 40.5 Å². The average Bonchev–Trinajstić information content (AvgIpc) is 2.46. The minimum absolute atomic E-state index is 0.104. The van der Waals surface area contributed by atoms with E-state index < -0.39 is 35.2 Å². The van der Waals surface area contributed by atoms with Crippen LogP contribution in [0.25, 0.3) is 0 Å². The Morgan fingerprint density at radius 1 is 1.39 bits per heavy atom. The normalized spacial score (nSPS) is 11.3. The van der Waals surface area contributed by atoms with Gasteiger partial charge in [0.2, 0.25) is 5.91 Å². The molecule has 0 fully saturated rings. The lowest BCUT2D eigenvalue weighted by molar-refractivity contribution is -0.384. The summed E-state index contributed by atoms with van der Waals surface area (Å²) >= 11 is 0. The Balaban J connectivity index is 2.69. The Kier molecular flexibility index (Phi) is 6.66. The topological polar surface area (TPSA) is 136 Å². The van der Waals surface area contributed by atoms with Gasteiger partial charge < -0.3 is 15.2 Å². The molecular weight excluding hydrogens is 308 g/mol. The van der Waals surface area contributed by atoms with Crippen LogP contribution in [0.3, 0.4) is 0 Å². The summed E-state index contributed by atoms with van der Waals surface area (Å²) in [6.07, 6.45) is -0.738. The van der Waals surface area contributed by atoms with Crippen LogP contribution >= 0.6 is 0 Å². The summed E-state index contributed by atoms with van der Waals surface area (Å²) in [4.78, 5) is 44.3. The van der Waals surface area contributed by atoms with Gasteiger partial charge in [0.1, 0.15) is 6.04 Å². The van der Waals surface area contributed by atoms with Gasteiger partial charge in [-0.15, -0.1) is 0 Å². The van der Waals surface area contributed by atoms with Crippen molar-refractivity contribution >= 4 is 23.5 Å². The Morgan fingerprint density at radius 3 is 2.65 bits per heavy atom. The zero-order chi connectivity index (χ0) is 17.4. The van der Waals surface area contributed by atoms with E-state index in [-0.39, 0.29) is 18.7 Å². The Labute approximate surface area is 131 Å². The molecule has 1 aromatic rings. The molecule has 1 rings (SSSR count). The van der Waals surface area contributed by atoms with Crippen LogP contribution in [0.15, 0.2) is 24.3 Å². The number of nitro groups is 1. The maximum absolute atomic E-state index is 11.9. The first-order valence-corrected chi connectivity index (χ1v) is 6.74. The number of nitrogens with zero attached hydrogens (tertiary/aromatic N) is 1. The summed E-state index contributed by atoms with van der Waals surface area (Å²) in [5.41, 5.74) is 0.189. The summed E-state index contributed by atoms with van der Waals surface area (Å²) in [6.45, 7) is 1.68. The highest BCUT2D eigenvalue weighted by Crippen LogP contribution is 2.13. The van der Waals surface area contributed by atoms with E-state index in [9.17, 15) is 24.5 Å². The number of hydrogen-bond donors (Lipinski definition) is 2. The quantitative estimate of drug-likeness (QED) is 0.407. The molecule has 0 saturated heterocycles. The highest BCUT2D eigenvalue weighted by atomic mass is 16.6. The van der Waals surface area contributed by atoms with E-state index in [4.69, 9.17) is 5.11 Å². The largest absolute Gasteiger partial charge is 0.480 e. The molecule has 0 aromatic heterocycles. The molecule has 124 valence electrons. The van der Waals surface area contributed by atoms with E-state index in [1.165, 1.54) is 24.3 Å². The molecule has 9 nitrogen and oxygen atoms in total. The molecule has 1 atom stereocenters. The highest BCUT2D eigenvalue weighted by molar-refractivity contribution is 5.88. The molecule has 9 heteroatoms. The molecular formula is C14H16N2O7. The van der Waals surface area contributed by atoms with Crippen LogP contribution in [-0.2, 0) is 25.5 Å². The average molecular weight is 324 g/mol. The number of rotatable bonds is 8. The Bertz CT molecular complexity index is 615. The van der Waals surface area contributed by atoms with E-state index in [1.54, 1.807) is 6.92 Å². The smallest absolute Gasteiger partial charge is 0.326 e. The van der Waals surface area contributed by atoms with Crippen LogP contribution in [0.1, 0.15) is 18.9 Å². The van der Waals surface area contributed by atoms with Crippen LogP contribution in [0, 0.1) is 10.1 Å². The fourth-order valence-corrected chi connectivity index (χ4v) is 1.80. The van der Waals surface area contributed by atoms with Gasteiger partial charge in [0.05, 0.1) is 24.4 Å². The molecule has 0 radical (unpaired) electrons. The molecule has 0 bridgehead atoms. The molecule has 23 heavy (non-hydrogen) atoms. The molecule has 0 saturated carbocycles. The zero-order valence-electron chi connectivity index (χ0n) is 12.4. The maximum atomic E-state index is 11.9. The van der Waals surface area contributed by atoms with Crippen molar-refractivity contribution in [3.63, 3.8) is 0 Å². The number of non-ortho nitro benzene ring substituents is 1. The van der Waals surface area contributed by atoms with E-state index >= 15 is 0 Å². The van der Waals surface area contributed by atoms with Gasteiger partial charge in [-0.25, -0.2) is 4.79 Å². The van der Waals surface area contributed by atoms with Crippen molar-refractivity contribution in [2.75, 3.05) is 6.61 Å². The van der Waals surface area contributed by atoms with Gasteiger partial charge in [-0.05, 0) is 12.5 Å². The van der Waals surface area contributed by atoms with Gasteiger partial charge in [-0.3, -0.25) is 19.7 Å². The third-order valence-electron chi connectivity index (χ3n) is 2.80. The van der Waals surface area contributed by atoms with Crippen molar-refractivity contribution in [1.29, 1.82) is 0 Å². The SMILES string of the molecule is CCOC(=O)C[C@@H](NC(=O)Cc1cccc([N+](=O)[O-])c1)C(=O)O. The monoisotopic (exact) mass is 324 g/mol. The fraction of sp³-hybridized carbons (Fsp3) is 0.357. The van der Waals surface area contributed by atoms with E-state index in [2.05, 4.69) is 10.1 Å². The summed E-state index contributed by atoms with van der Waals surface area (Å²) < 4.78 is 4.64. The summed E-state index contributed by atoms with van der Waals surface area (Å²) in [6, 6.07) is 4.02. The van der Waals surface area contributed by atoms with Crippen molar-refractivity contribution in [2.24, 2.45) is 0 Å². The molecule has 1 amide bonds. The Hall–Kier alpha value is -2.97. The number of aliphatic carboxylic acids is 1. The standard InChI is InChI=1S/C14H16N2O7/c1-2-23-13(18)8-11(14(19)20)15-12(17)7-9-4-3-5-10(6-9)16(21)22/h3-6,11H,2,7-8H2,1H3,(H,15,17)(H,19,20)/t11-/m1/s1. The number of esters is 1. The van der Waals surface area contributed by atoms with E-state index in [0.29, 0.717) is 5.56 Å². The lowest BCUT2D eigenvalue weighted by atomic mass is 10.1. The second-order valence-corrected chi connectivity index (χ2v) is 4.57. The van der Waals surface area contributed by atoms with Crippen LogP contribution in [0.4, 0.5) is 5.69 Å². The van der Waals surface area contributed by atoms with E-state index in [0.717, 1.165) is 0 Å². The second-order valence-electron chi connectivity index (χ2n) is 4.57. The first-order chi connectivity index (χ1) is 10.8. The predicted octanol–water partition coefficient (Wildman–Crippen LogP) is 0.660. The summed E-state index contributed by atoms with van der Waals surface area (Å²) in [7, 11) is 0. The van der Waals surface area contributed by atoms with Crippen LogP contribution in [0.2, 0.25) is 0 Å². The Morgan fingerprint density at radius 2 is 2.09 bits per heavy atom. The van der Waals surface area contributed by atoms with Crippen molar-refractivity contribution in [3.05, 3.63) is 39.9 Å². The molecule has 0 aliphatic carbocycles. The fourth-order valence-electron chi connectivity index (χ4n) is 1.80. The molecule has 0 aliphatic rings. The molecule has 0 unspecified atom stereocenters. The minimum Gasteiger partial charge on any atom is -0.480 e. The molecule has 2 N–H and O–H groups in total. The summed E-state index contributed by atoms with van der Waals surface area (Å²) in [5, 5.41) is 21.9. The maximum Gasteiger partial charge on any atom is 0.326 e. The number of benzene rings is 1. The van der Waals surface area contributed by atoms with Crippen molar-refractivity contribution in [2.45, 2.75) is 25.8 Å². The number of nitrogens with one attached hydrogen (secondary N) is 1. The van der Waals surface area contributed by atoms with Crippen LogP contribution in [0.5, 0.6) is 0 Å². The molecule has 0 aliphatic heterocycles. The molecule has 0 heterocycles. The van der Waals surface area contributed by atoms with Gasteiger partial charge in [0, 0.05) is 12.1 Å². The third-order valence-corrected chi connectivity index (χ3v) is 2.80. The first-order valence-electron chi connectivity index (χ1n) is 6.74. The van der Waals surface area contributed by atoms with Crippen LogP contribution < -0.4 is 5.32 Å². The number of carbonyl (C=O) groups is 3. The predicted molar refractivity (Wildman–Crippen MR) is 77.6 cm³/mol. The van der Waals surface area contributed by atoms with Crippen molar-refractivity contribution in [1.82, 2.24) is 5.32 Å². The molecule has 0 spiro atoms. The van der Waals surface area contributed by atoms with Gasteiger partial charge in [-0.1, -0.05) is 12.1 Å². The lowest BCUT2D eigenvalue weighted by Gasteiger charge is -2.13. The number of nitro benzene ring substituents is 1. The summed E-state index contributed by atoms with van der Waals surface area (Å²) in [5.74, 6) is -2.77. The minimum atomic E-state index is -1.42. The first kappa shape index (κ1) is 18.1. The highest BCUT2D eigenvalue weighted by Gasteiger charge is 2.24. The van der Waals surface area contributed by atoms with Gasteiger partial charge in [-0.2, -0.15) is 0 Å². The second kappa shape index (κ2) is 8.47. The number of amides is 1. The third kappa shape index (κ3) is 6.12. The van der Waals surface area contributed by atoms with Crippen molar-refractivity contribution < 1.29 is 29.2 Å². The number of hydrogen-bond acceptors (Lipinski definition) is 6.